The van der Waals surface area contributed by atoms with Gasteiger partial charge in [-0.25, -0.2) is 0 Å². The van der Waals surface area contributed by atoms with Crippen LogP contribution in [0.15, 0.2) is 0 Å². The minimum absolute atomic E-state index is 0.0125. The summed E-state index contributed by atoms with van der Waals surface area (Å²) in [4.78, 5) is 23.2. The van der Waals surface area contributed by atoms with Gasteiger partial charge >= 0.3 is 11.9 Å². The van der Waals surface area contributed by atoms with E-state index in [-0.39, 0.29) is 6.54 Å². The third kappa shape index (κ3) is 4.23. The number of carbonyl (C=O) groups is 2. The first kappa shape index (κ1) is 12.9. The molecule has 0 amide bonds. The number of rotatable bonds is 6. The van der Waals surface area contributed by atoms with Crippen molar-refractivity contribution < 1.29 is 19.4 Å². The number of aliphatic carboxylic acids is 1. The molecule has 1 N–H and O–H groups in total. The molecule has 0 heterocycles. The van der Waals surface area contributed by atoms with Crippen LogP contribution in [0.1, 0.15) is 20.3 Å². The van der Waals surface area contributed by atoms with Crippen molar-refractivity contribution in [2.75, 3.05) is 20.2 Å². The van der Waals surface area contributed by atoms with Crippen LogP contribution < -0.4 is 0 Å². The van der Waals surface area contributed by atoms with E-state index < -0.39 is 18.0 Å². The molecule has 5 nitrogen and oxygen atoms in total. The Morgan fingerprint density at radius 1 is 1.43 bits per heavy atom. The van der Waals surface area contributed by atoms with Gasteiger partial charge in [-0.1, -0.05) is 6.92 Å². The van der Waals surface area contributed by atoms with Gasteiger partial charge in [-0.05, 0) is 20.4 Å². The Balaban J connectivity index is 4.10. The molecule has 0 spiro atoms. The van der Waals surface area contributed by atoms with Crippen molar-refractivity contribution in [3.8, 4) is 0 Å². The van der Waals surface area contributed by atoms with Gasteiger partial charge in [0, 0.05) is 0 Å². The van der Waals surface area contributed by atoms with Crippen LogP contribution in [0.5, 0.6) is 0 Å². The monoisotopic (exact) mass is 203 g/mol. The van der Waals surface area contributed by atoms with Crippen molar-refractivity contribution in [2.24, 2.45) is 0 Å². The number of nitrogens with zero attached hydrogens (tertiary/aromatic N) is 1. The second-order valence-corrected chi connectivity index (χ2v) is 2.98. The lowest BCUT2D eigenvalue weighted by atomic mass is 10.2. The molecule has 0 fully saturated rings. The van der Waals surface area contributed by atoms with Crippen molar-refractivity contribution in [1.29, 1.82) is 0 Å². The molecule has 5 heteroatoms. The van der Waals surface area contributed by atoms with Crippen LogP contribution in [0.4, 0.5) is 0 Å². The van der Waals surface area contributed by atoms with Gasteiger partial charge in [-0.2, -0.15) is 0 Å². The Labute approximate surface area is 83.6 Å². The van der Waals surface area contributed by atoms with Crippen LogP contribution >= 0.6 is 0 Å². The van der Waals surface area contributed by atoms with Crippen molar-refractivity contribution in [1.82, 2.24) is 4.90 Å². The van der Waals surface area contributed by atoms with Gasteiger partial charge in [0.2, 0.25) is 0 Å². The van der Waals surface area contributed by atoms with Gasteiger partial charge in [0.05, 0.1) is 13.2 Å². The summed E-state index contributed by atoms with van der Waals surface area (Å²) in [7, 11) is 1.60. The van der Waals surface area contributed by atoms with Gasteiger partial charge in [-0.15, -0.1) is 0 Å². The summed E-state index contributed by atoms with van der Waals surface area (Å²) >= 11 is 0. The van der Waals surface area contributed by atoms with Crippen LogP contribution in [-0.4, -0.2) is 48.2 Å². The maximum atomic E-state index is 11.0. The predicted molar refractivity (Wildman–Crippen MR) is 51.0 cm³/mol. The Kier molecular flexibility index (Phi) is 5.87. The highest BCUT2D eigenvalue weighted by Crippen LogP contribution is 2.01. The second kappa shape index (κ2) is 6.37. The van der Waals surface area contributed by atoms with Crippen LogP contribution in [0, 0.1) is 0 Å². The Morgan fingerprint density at radius 3 is 2.36 bits per heavy atom. The highest BCUT2D eigenvalue weighted by Gasteiger charge is 2.22. The zero-order valence-corrected chi connectivity index (χ0v) is 8.82. The quantitative estimate of drug-likeness (QED) is 0.631. The van der Waals surface area contributed by atoms with Crippen LogP contribution in [0.3, 0.4) is 0 Å². The van der Waals surface area contributed by atoms with Crippen molar-refractivity contribution in [3.05, 3.63) is 0 Å². The molecule has 0 bridgehead atoms. The normalized spacial score (nSPS) is 12.6. The summed E-state index contributed by atoms with van der Waals surface area (Å²) < 4.78 is 4.71. The van der Waals surface area contributed by atoms with E-state index in [4.69, 9.17) is 9.84 Å². The van der Waals surface area contributed by atoms with E-state index in [1.54, 1.807) is 20.9 Å². The van der Waals surface area contributed by atoms with Crippen LogP contribution in [0.2, 0.25) is 0 Å². The summed E-state index contributed by atoms with van der Waals surface area (Å²) in [5.74, 6) is -1.31. The number of likely N-dealkylation sites (N-methyl/N-ethyl adjacent to an activating group) is 1. The fraction of sp³-hybridized carbons (Fsp3) is 0.778. The second-order valence-electron chi connectivity index (χ2n) is 2.98. The van der Waals surface area contributed by atoms with Gasteiger partial charge in [-0.3, -0.25) is 14.5 Å². The maximum Gasteiger partial charge on any atom is 0.320 e. The van der Waals surface area contributed by atoms with Crippen molar-refractivity contribution in [2.45, 2.75) is 26.3 Å². The summed E-state index contributed by atoms with van der Waals surface area (Å²) in [5, 5.41) is 8.79. The lowest BCUT2D eigenvalue weighted by molar-refractivity contribution is -0.148. The molecule has 0 aromatic rings. The van der Waals surface area contributed by atoms with E-state index in [1.165, 1.54) is 4.90 Å². The predicted octanol–water partition coefficient (Wildman–Crippen LogP) is 0.344. The molecule has 82 valence electrons. The molecule has 0 saturated carbocycles. The van der Waals surface area contributed by atoms with Crippen molar-refractivity contribution >= 4 is 11.9 Å². The molecule has 0 aromatic heterocycles. The van der Waals surface area contributed by atoms with E-state index in [0.717, 1.165) is 0 Å². The van der Waals surface area contributed by atoms with Gasteiger partial charge < -0.3 is 9.84 Å². The van der Waals surface area contributed by atoms with E-state index >= 15 is 0 Å². The fourth-order valence-corrected chi connectivity index (χ4v) is 1.20. The fourth-order valence-electron chi connectivity index (χ4n) is 1.20. The number of carboxylic acid groups (broad SMARTS) is 1. The lowest BCUT2D eigenvalue weighted by Crippen LogP contribution is -2.41. The largest absolute Gasteiger partial charge is 0.480 e. The Bertz CT molecular complexity index is 205. The molecule has 0 aliphatic rings. The van der Waals surface area contributed by atoms with Crippen molar-refractivity contribution in [3.63, 3.8) is 0 Å². The van der Waals surface area contributed by atoms with E-state index in [0.29, 0.717) is 13.0 Å². The van der Waals surface area contributed by atoms with E-state index in [2.05, 4.69) is 0 Å². The average Bonchev–Trinajstić information content (AvgIpc) is 2.04. The number of carboxylic acids is 1. The summed E-state index contributed by atoms with van der Waals surface area (Å²) in [5.41, 5.74) is 0. The minimum atomic E-state index is -0.917. The number of hydrogen-bond donors (Lipinski definition) is 1. The molecule has 0 aliphatic carbocycles. The highest BCUT2D eigenvalue weighted by atomic mass is 16.5. The molecule has 0 aliphatic heterocycles. The summed E-state index contributed by atoms with van der Waals surface area (Å²) in [6.07, 6.45) is 0.464. The zero-order chi connectivity index (χ0) is 11.1. The number of ether oxygens (including phenoxy) is 1. The molecule has 1 atom stereocenters. The topological polar surface area (TPSA) is 66.8 Å². The zero-order valence-electron chi connectivity index (χ0n) is 8.82. The minimum Gasteiger partial charge on any atom is -0.480 e. The maximum absolute atomic E-state index is 11.0. The van der Waals surface area contributed by atoms with Gasteiger partial charge in [0.25, 0.3) is 0 Å². The molecule has 0 saturated heterocycles. The number of hydrogen-bond acceptors (Lipinski definition) is 4. The first-order valence-electron chi connectivity index (χ1n) is 4.61. The molecule has 0 aromatic carbocycles. The van der Waals surface area contributed by atoms with Crippen LogP contribution in [-0.2, 0) is 14.3 Å². The standard InChI is InChI=1S/C9H17NO4/c1-4-7(9(12)13)10(3)6-8(11)14-5-2/h7H,4-6H2,1-3H3,(H,12,13). The Morgan fingerprint density at radius 2 is 2.00 bits per heavy atom. The molecular weight excluding hydrogens is 186 g/mol. The van der Waals surface area contributed by atoms with Gasteiger partial charge in [0.15, 0.2) is 0 Å². The van der Waals surface area contributed by atoms with E-state index in [1.807, 2.05) is 0 Å². The molecule has 14 heavy (non-hydrogen) atoms. The first-order valence-corrected chi connectivity index (χ1v) is 4.61. The molecule has 1 unspecified atom stereocenters. The van der Waals surface area contributed by atoms with Gasteiger partial charge in [0.1, 0.15) is 6.04 Å². The number of carbonyl (C=O) groups excluding carboxylic acids is 1. The average molecular weight is 203 g/mol. The molecule has 0 rings (SSSR count). The van der Waals surface area contributed by atoms with E-state index in [9.17, 15) is 9.59 Å². The van der Waals surface area contributed by atoms with Crippen LogP contribution in [0.25, 0.3) is 0 Å². The SMILES string of the molecule is CCOC(=O)CN(C)C(CC)C(=O)O. The highest BCUT2D eigenvalue weighted by molar-refractivity contribution is 5.76. The summed E-state index contributed by atoms with van der Waals surface area (Å²) in [6.45, 7) is 3.81. The third-order valence-electron chi connectivity index (χ3n) is 1.89. The summed E-state index contributed by atoms with van der Waals surface area (Å²) in [6, 6.07) is -0.626. The number of esters is 1. The molecule has 0 radical (unpaired) electrons. The Hall–Kier alpha value is -1.10. The molecular formula is C9H17NO4. The first-order chi connectivity index (χ1) is 6.52. The smallest absolute Gasteiger partial charge is 0.320 e. The third-order valence-corrected chi connectivity index (χ3v) is 1.89. The lowest BCUT2D eigenvalue weighted by Gasteiger charge is -2.21.